The molecule has 1 aliphatic heterocycles. The minimum atomic E-state index is -3.60. The number of hydrogen-bond acceptors (Lipinski definition) is 4. The van der Waals surface area contributed by atoms with Gasteiger partial charge in [0.05, 0.1) is 4.90 Å². The second-order valence-electron chi connectivity index (χ2n) is 6.20. The molecule has 0 unspecified atom stereocenters. The van der Waals surface area contributed by atoms with Gasteiger partial charge in [-0.2, -0.15) is 0 Å². The smallest absolute Gasteiger partial charge is 0.261 e. The SMILES string of the molecule is CN1CCC(Sc2ccc(NS(=O)(=O)c3ccc(Cl)cc3)cc2)CC1. The Morgan fingerprint density at radius 2 is 1.64 bits per heavy atom. The molecule has 0 atom stereocenters. The Balaban J connectivity index is 1.63. The van der Waals surface area contributed by atoms with Crippen LogP contribution in [-0.4, -0.2) is 38.7 Å². The van der Waals surface area contributed by atoms with Crippen LogP contribution in [0.5, 0.6) is 0 Å². The summed E-state index contributed by atoms with van der Waals surface area (Å²) in [4.78, 5) is 3.72. The minimum Gasteiger partial charge on any atom is -0.306 e. The summed E-state index contributed by atoms with van der Waals surface area (Å²) in [6, 6.07) is 13.7. The number of nitrogens with zero attached hydrogens (tertiary/aromatic N) is 1. The summed E-state index contributed by atoms with van der Waals surface area (Å²) in [7, 11) is -1.44. The van der Waals surface area contributed by atoms with Crippen LogP contribution in [0.1, 0.15) is 12.8 Å². The van der Waals surface area contributed by atoms with Crippen LogP contribution < -0.4 is 4.72 Å². The predicted molar refractivity (Wildman–Crippen MR) is 105 cm³/mol. The zero-order valence-electron chi connectivity index (χ0n) is 14.0. The summed E-state index contributed by atoms with van der Waals surface area (Å²) in [5.74, 6) is 0. The third kappa shape index (κ3) is 5.14. The third-order valence-corrected chi connectivity index (χ3v) is 7.20. The van der Waals surface area contributed by atoms with Gasteiger partial charge in [-0.25, -0.2) is 8.42 Å². The molecule has 1 saturated heterocycles. The molecule has 0 aliphatic carbocycles. The molecule has 0 amide bonds. The number of anilines is 1. The highest BCUT2D eigenvalue weighted by molar-refractivity contribution is 8.00. The molecule has 3 rings (SSSR count). The lowest BCUT2D eigenvalue weighted by Gasteiger charge is -2.28. The van der Waals surface area contributed by atoms with Crippen LogP contribution in [-0.2, 0) is 10.0 Å². The molecular formula is C18H21ClN2O2S2. The van der Waals surface area contributed by atoms with Gasteiger partial charge in [-0.1, -0.05) is 11.6 Å². The molecule has 2 aromatic carbocycles. The Hall–Kier alpha value is -1.21. The molecule has 1 N–H and O–H groups in total. The van der Waals surface area contributed by atoms with E-state index in [2.05, 4.69) is 16.7 Å². The molecule has 1 fully saturated rings. The molecule has 134 valence electrons. The number of halogens is 1. The molecule has 1 aliphatic rings. The van der Waals surface area contributed by atoms with Crippen molar-refractivity contribution in [1.82, 2.24) is 4.90 Å². The first-order valence-electron chi connectivity index (χ1n) is 8.16. The van der Waals surface area contributed by atoms with Crippen molar-refractivity contribution in [3.05, 3.63) is 53.6 Å². The summed E-state index contributed by atoms with van der Waals surface area (Å²) >= 11 is 7.68. The number of rotatable bonds is 5. The Kier molecular flexibility index (Phi) is 5.94. The Morgan fingerprint density at radius 3 is 2.24 bits per heavy atom. The van der Waals surface area contributed by atoms with Gasteiger partial charge in [0.2, 0.25) is 0 Å². The predicted octanol–water partition coefficient (Wildman–Crippen LogP) is 4.33. The van der Waals surface area contributed by atoms with Gasteiger partial charge < -0.3 is 4.90 Å². The minimum absolute atomic E-state index is 0.196. The van der Waals surface area contributed by atoms with Crippen LogP contribution in [0.25, 0.3) is 0 Å². The van der Waals surface area contributed by atoms with Gasteiger partial charge in [-0.3, -0.25) is 4.72 Å². The van der Waals surface area contributed by atoms with Gasteiger partial charge >= 0.3 is 0 Å². The van der Waals surface area contributed by atoms with E-state index < -0.39 is 10.0 Å². The van der Waals surface area contributed by atoms with Crippen LogP contribution in [0.15, 0.2) is 58.3 Å². The first-order valence-corrected chi connectivity index (χ1v) is 10.9. The fourth-order valence-corrected chi connectivity index (χ4v) is 5.03. The number of hydrogen-bond donors (Lipinski definition) is 1. The lowest BCUT2D eigenvalue weighted by atomic mass is 10.1. The number of likely N-dealkylation sites (tertiary alicyclic amines) is 1. The zero-order chi connectivity index (χ0) is 17.9. The molecule has 0 aromatic heterocycles. The number of piperidine rings is 1. The van der Waals surface area contributed by atoms with Gasteiger partial charge in [0.15, 0.2) is 0 Å². The van der Waals surface area contributed by atoms with E-state index in [4.69, 9.17) is 11.6 Å². The van der Waals surface area contributed by atoms with E-state index in [0.717, 1.165) is 13.1 Å². The van der Waals surface area contributed by atoms with Crippen molar-refractivity contribution in [3.63, 3.8) is 0 Å². The van der Waals surface area contributed by atoms with Crippen molar-refractivity contribution in [1.29, 1.82) is 0 Å². The van der Waals surface area contributed by atoms with E-state index in [0.29, 0.717) is 16.0 Å². The Morgan fingerprint density at radius 1 is 1.04 bits per heavy atom. The van der Waals surface area contributed by atoms with Crippen LogP contribution in [0.4, 0.5) is 5.69 Å². The number of benzene rings is 2. The normalized spacial score (nSPS) is 16.7. The highest BCUT2D eigenvalue weighted by atomic mass is 35.5. The van der Waals surface area contributed by atoms with E-state index in [9.17, 15) is 8.42 Å². The van der Waals surface area contributed by atoms with Gasteiger partial charge in [0, 0.05) is 20.9 Å². The molecule has 1 heterocycles. The van der Waals surface area contributed by atoms with E-state index >= 15 is 0 Å². The second kappa shape index (κ2) is 7.99. The van der Waals surface area contributed by atoms with Gasteiger partial charge in [-0.05, 0) is 81.5 Å². The average Bonchev–Trinajstić information content (AvgIpc) is 2.59. The fourth-order valence-electron chi connectivity index (χ4n) is 2.72. The summed E-state index contributed by atoms with van der Waals surface area (Å²) in [5, 5.41) is 1.14. The van der Waals surface area contributed by atoms with E-state index in [-0.39, 0.29) is 4.90 Å². The van der Waals surface area contributed by atoms with Gasteiger partial charge in [0.1, 0.15) is 0 Å². The Labute approximate surface area is 158 Å². The van der Waals surface area contributed by atoms with Crippen LogP contribution in [0.3, 0.4) is 0 Å². The van der Waals surface area contributed by atoms with Crippen molar-refractivity contribution in [2.45, 2.75) is 27.9 Å². The third-order valence-electron chi connectivity index (χ3n) is 4.20. The topological polar surface area (TPSA) is 49.4 Å². The van der Waals surface area contributed by atoms with E-state index in [1.807, 2.05) is 36.0 Å². The monoisotopic (exact) mass is 396 g/mol. The summed E-state index contributed by atoms with van der Waals surface area (Å²) < 4.78 is 27.4. The van der Waals surface area contributed by atoms with Gasteiger partial charge in [0.25, 0.3) is 10.0 Å². The average molecular weight is 397 g/mol. The summed E-state index contributed by atoms with van der Waals surface area (Å²) in [6.07, 6.45) is 2.37. The highest BCUT2D eigenvalue weighted by Crippen LogP contribution is 2.31. The molecule has 25 heavy (non-hydrogen) atoms. The first kappa shape index (κ1) is 18.6. The van der Waals surface area contributed by atoms with Crippen LogP contribution >= 0.6 is 23.4 Å². The molecule has 0 radical (unpaired) electrons. The van der Waals surface area contributed by atoms with E-state index in [1.54, 1.807) is 12.1 Å². The number of sulfonamides is 1. The standard InChI is InChI=1S/C18H21ClN2O2S2/c1-21-12-10-17(11-13-21)24-16-6-4-15(5-7-16)20-25(22,23)18-8-2-14(19)3-9-18/h2-9,17,20H,10-13H2,1H3. The van der Waals surface area contributed by atoms with Crippen molar-refractivity contribution in [2.24, 2.45) is 0 Å². The summed E-state index contributed by atoms with van der Waals surface area (Å²) in [5.41, 5.74) is 0.558. The highest BCUT2D eigenvalue weighted by Gasteiger charge is 2.18. The molecular weight excluding hydrogens is 376 g/mol. The maximum absolute atomic E-state index is 12.4. The second-order valence-corrected chi connectivity index (χ2v) is 9.70. The van der Waals surface area contributed by atoms with E-state index in [1.165, 1.54) is 29.9 Å². The van der Waals surface area contributed by atoms with Gasteiger partial charge in [-0.15, -0.1) is 11.8 Å². The van der Waals surface area contributed by atoms with Crippen molar-refractivity contribution < 1.29 is 8.42 Å². The lowest BCUT2D eigenvalue weighted by Crippen LogP contribution is -2.31. The quantitative estimate of drug-likeness (QED) is 0.817. The number of nitrogens with one attached hydrogen (secondary N) is 1. The molecule has 7 heteroatoms. The maximum atomic E-state index is 12.4. The number of thioether (sulfide) groups is 1. The first-order chi connectivity index (χ1) is 11.9. The van der Waals surface area contributed by atoms with Crippen LogP contribution in [0.2, 0.25) is 5.02 Å². The molecule has 4 nitrogen and oxygen atoms in total. The zero-order valence-corrected chi connectivity index (χ0v) is 16.4. The lowest BCUT2D eigenvalue weighted by molar-refractivity contribution is 0.282. The fraction of sp³-hybridized carbons (Fsp3) is 0.333. The van der Waals surface area contributed by atoms with Crippen molar-refractivity contribution in [3.8, 4) is 0 Å². The van der Waals surface area contributed by atoms with Crippen LogP contribution in [0, 0.1) is 0 Å². The largest absolute Gasteiger partial charge is 0.306 e. The Bertz CT molecular complexity index is 800. The van der Waals surface area contributed by atoms with Crippen molar-refractivity contribution in [2.75, 3.05) is 24.9 Å². The molecule has 2 aromatic rings. The molecule has 0 saturated carbocycles. The summed E-state index contributed by atoms with van der Waals surface area (Å²) in [6.45, 7) is 2.27. The molecule has 0 spiro atoms. The molecule has 0 bridgehead atoms. The maximum Gasteiger partial charge on any atom is 0.261 e. The van der Waals surface area contributed by atoms with Crippen molar-refractivity contribution >= 4 is 39.1 Å².